The summed E-state index contributed by atoms with van der Waals surface area (Å²) in [5.74, 6) is 3.83. The molecular formula is C33H37F2N7O4S. The summed E-state index contributed by atoms with van der Waals surface area (Å²) in [6.07, 6.45) is -0.00588. The fraction of sp³-hybridized carbons (Fsp3) is 0.364. The van der Waals surface area contributed by atoms with Crippen LogP contribution in [0.4, 0.5) is 14.6 Å². The molecule has 1 saturated heterocycles. The number of halogens is 2. The lowest BCUT2D eigenvalue weighted by molar-refractivity contribution is -0.119. The lowest BCUT2D eigenvalue weighted by Crippen LogP contribution is -2.48. The fourth-order valence-corrected chi connectivity index (χ4v) is 6.69. The minimum atomic E-state index is -3.89. The Morgan fingerprint density at radius 3 is 2.36 bits per heavy atom. The van der Waals surface area contributed by atoms with E-state index in [9.17, 15) is 27.1 Å². The number of carbonyl (C=O) groups is 1. The second-order valence-electron chi connectivity index (χ2n) is 12.2. The molecule has 0 bridgehead atoms. The van der Waals surface area contributed by atoms with E-state index >= 15 is 0 Å². The number of hydrogen-bond donors (Lipinski definition) is 3. The summed E-state index contributed by atoms with van der Waals surface area (Å²) in [7, 11) is -0.263. The minimum absolute atomic E-state index is 0.00588. The van der Waals surface area contributed by atoms with Crippen molar-refractivity contribution >= 4 is 32.8 Å². The Balaban J connectivity index is 1.65. The number of anilines is 1. The Morgan fingerprint density at radius 1 is 1.04 bits per heavy atom. The molecule has 3 N–H and O–H groups in total. The van der Waals surface area contributed by atoms with Crippen molar-refractivity contribution in [2.45, 2.75) is 38.8 Å². The number of aryl methyl sites for hydroxylation is 1. The van der Waals surface area contributed by atoms with E-state index in [0.717, 1.165) is 6.07 Å². The van der Waals surface area contributed by atoms with Crippen LogP contribution in [0.15, 0.2) is 48.5 Å². The Hall–Kier alpha value is -4.42. The van der Waals surface area contributed by atoms with Crippen molar-refractivity contribution in [3.8, 4) is 23.0 Å². The minimum Gasteiger partial charge on any atom is -0.378 e. The summed E-state index contributed by atoms with van der Waals surface area (Å²) in [5, 5.41) is 18.1. The SMILES string of the molecule is CC(=O)N[C@@H](Cc1cc(F)cc(F)c1)c1nc(C#CC(C)(C)O)ccc1-c1cccc2c(NS(=O)(=O)N3CCN(C)CC3)nn(C)c12. The lowest BCUT2D eigenvalue weighted by Gasteiger charge is -2.31. The topological polar surface area (TPSA) is 133 Å². The van der Waals surface area contributed by atoms with Crippen LogP contribution in [-0.4, -0.2) is 82.2 Å². The molecule has 1 atom stereocenters. The zero-order valence-corrected chi connectivity index (χ0v) is 27.6. The molecule has 0 radical (unpaired) electrons. The first-order valence-electron chi connectivity index (χ1n) is 15.0. The van der Waals surface area contributed by atoms with E-state index in [-0.39, 0.29) is 12.2 Å². The quantitative estimate of drug-likeness (QED) is 0.246. The highest BCUT2D eigenvalue weighted by Crippen LogP contribution is 2.37. The Kier molecular flexibility index (Phi) is 9.65. The van der Waals surface area contributed by atoms with Crippen molar-refractivity contribution in [2.24, 2.45) is 7.05 Å². The van der Waals surface area contributed by atoms with Gasteiger partial charge in [-0.25, -0.2) is 13.8 Å². The van der Waals surface area contributed by atoms with E-state index in [0.29, 0.717) is 65.2 Å². The predicted octanol–water partition coefficient (Wildman–Crippen LogP) is 3.36. The van der Waals surface area contributed by atoms with Gasteiger partial charge in [0.25, 0.3) is 0 Å². The molecule has 0 saturated carbocycles. The normalized spacial score (nSPS) is 15.2. The lowest BCUT2D eigenvalue weighted by atomic mass is 9.93. The number of aliphatic hydroxyl groups is 1. The van der Waals surface area contributed by atoms with Crippen LogP contribution in [0.3, 0.4) is 0 Å². The summed E-state index contributed by atoms with van der Waals surface area (Å²) in [6, 6.07) is 11.0. The van der Waals surface area contributed by atoms with Crippen LogP contribution >= 0.6 is 0 Å². The Labute approximate surface area is 272 Å². The van der Waals surface area contributed by atoms with Gasteiger partial charge in [-0.1, -0.05) is 18.1 Å². The van der Waals surface area contributed by atoms with Gasteiger partial charge in [0.05, 0.1) is 17.3 Å². The third-order valence-electron chi connectivity index (χ3n) is 7.67. The van der Waals surface area contributed by atoms with Gasteiger partial charge in [0.2, 0.25) is 5.91 Å². The molecule has 0 unspecified atom stereocenters. The molecule has 11 nitrogen and oxygen atoms in total. The number of pyridine rings is 1. The van der Waals surface area contributed by atoms with Gasteiger partial charge < -0.3 is 15.3 Å². The number of carbonyl (C=O) groups excluding carboxylic acids is 1. The molecule has 2 aromatic carbocycles. The number of nitrogens with one attached hydrogen (secondary N) is 2. The molecule has 1 amide bonds. The summed E-state index contributed by atoms with van der Waals surface area (Å²) in [6.45, 7) is 6.31. The second kappa shape index (κ2) is 13.4. The highest BCUT2D eigenvalue weighted by Gasteiger charge is 2.28. The van der Waals surface area contributed by atoms with Crippen LogP contribution in [0.5, 0.6) is 0 Å². The van der Waals surface area contributed by atoms with E-state index in [1.54, 1.807) is 36.0 Å². The Bertz CT molecular complexity index is 1970. The molecule has 248 valence electrons. The van der Waals surface area contributed by atoms with Gasteiger partial charge >= 0.3 is 10.2 Å². The van der Waals surface area contributed by atoms with E-state index in [1.165, 1.54) is 37.2 Å². The first-order chi connectivity index (χ1) is 22.1. The number of amides is 1. The van der Waals surface area contributed by atoms with Crippen LogP contribution in [0.25, 0.3) is 22.0 Å². The van der Waals surface area contributed by atoms with E-state index in [4.69, 9.17) is 4.98 Å². The smallest absolute Gasteiger partial charge is 0.302 e. The van der Waals surface area contributed by atoms with Crippen LogP contribution in [0.1, 0.15) is 43.8 Å². The van der Waals surface area contributed by atoms with Crippen LogP contribution < -0.4 is 10.0 Å². The average molecular weight is 666 g/mol. The average Bonchev–Trinajstić information content (AvgIpc) is 3.29. The number of fused-ring (bicyclic) bond motifs is 1. The van der Waals surface area contributed by atoms with Crippen LogP contribution in [0, 0.1) is 23.5 Å². The van der Waals surface area contributed by atoms with Crippen molar-refractivity contribution in [2.75, 3.05) is 37.9 Å². The maximum Gasteiger partial charge on any atom is 0.302 e. The molecule has 3 heterocycles. The van der Waals surface area contributed by atoms with Crippen LogP contribution in [-0.2, 0) is 28.5 Å². The standard InChI is InChI=1S/C33H37F2N7O4S/c1-21(43)36-29(19-22-17-23(34)20-24(35)18-22)30-26(10-9-25(37-30)11-12-33(2,3)44)27-7-6-8-28-31(27)41(5)38-32(28)39-47(45,46)42-15-13-40(4)14-16-42/h6-10,17-18,20,29,44H,13-16,19H2,1-5H3,(H,36,43)(H,38,39)/t29-/m0/s1. The monoisotopic (exact) mass is 665 g/mol. The van der Waals surface area contributed by atoms with E-state index < -0.39 is 39.4 Å². The fourth-order valence-electron chi connectivity index (χ4n) is 5.53. The molecule has 4 aromatic rings. The predicted molar refractivity (Wildman–Crippen MR) is 175 cm³/mol. The third-order valence-corrected chi connectivity index (χ3v) is 9.17. The molecule has 14 heteroatoms. The number of benzene rings is 2. The van der Waals surface area contributed by atoms with Gasteiger partial charge in [-0.2, -0.15) is 17.8 Å². The molecular weight excluding hydrogens is 628 g/mol. The molecule has 1 aliphatic rings. The van der Waals surface area contributed by atoms with Gasteiger partial charge in [-0.05, 0) is 69.1 Å². The highest BCUT2D eigenvalue weighted by molar-refractivity contribution is 7.90. The molecule has 2 aromatic heterocycles. The number of piperazine rings is 1. The highest BCUT2D eigenvalue weighted by atomic mass is 32.2. The summed E-state index contributed by atoms with van der Waals surface area (Å²) >= 11 is 0. The number of para-hydroxylation sites is 1. The van der Waals surface area contributed by atoms with Gasteiger partial charge in [0.15, 0.2) is 5.82 Å². The number of nitrogens with zero attached hydrogens (tertiary/aromatic N) is 5. The van der Waals surface area contributed by atoms with Gasteiger partial charge in [0.1, 0.15) is 22.9 Å². The van der Waals surface area contributed by atoms with Crippen molar-refractivity contribution in [3.05, 3.63) is 77.1 Å². The number of likely N-dealkylation sites (N-methyl/N-ethyl adjacent to an activating group) is 1. The zero-order chi connectivity index (χ0) is 34.1. The molecule has 47 heavy (non-hydrogen) atoms. The summed E-state index contributed by atoms with van der Waals surface area (Å²) in [5.41, 5.74) is 1.39. The molecule has 1 fully saturated rings. The zero-order valence-electron chi connectivity index (χ0n) is 26.8. The largest absolute Gasteiger partial charge is 0.378 e. The maximum absolute atomic E-state index is 14.2. The molecule has 1 aliphatic heterocycles. The maximum atomic E-state index is 14.2. The molecule has 0 aliphatic carbocycles. The van der Waals surface area contributed by atoms with Gasteiger partial charge in [-0.15, -0.1) is 0 Å². The Morgan fingerprint density at radius 2 is 1.72 bits per heavy atom. The third kappa shape index (κ3) is 8.12. The molecule has 5 rings (SSSR count). The van der Waals surface area contributed by atoms with Crippen molar-refractivity contribution in [1.82, 2.24) is 29.3 Å². The summed E-state index contributed by atoms with van der Waals surface area (Å²) in [4.78, 5) is 19.3. The second-order valence-corrected chi connectivity index (χ2v) is 13.8. The van der Waals surface area contributed by atoms with Gasteiger partial charge in [-0.3, -0.25) is 14.2 Å². The van der Waals surface area contributed by atoms with Crippen molar-refractivity contribution in [3.63, 3.8) is 0 Å². The van der Waals surface area contributed by atoms with Crippen LogP contribution in [0.2, 0.25) is 0 Å². The first-order valence-corrected chi connectivity index (χ1v) is 16.4. The van der Waals surface area contributed by atoms with E-state index in [2.05, 4.69) is 31.9 Å². The van der Waals surface area contributed by atoms with E-state index in [1.807, 2.05) is 13.1 Å². The molecule has 0 spiro atoms. The number of hydrogen-bond acceptors (Lipinski definition) is 7. The van der Waals surface area contributed by atoms with Crippen molar-refractivity contribution < 1.29 is 27.1 Å². The number of rotatable bonds is 8. The first kappa shape index (κ1) is 33.9. The van der Waals surface area contributed by atoms with Crippen molar-refractivity contribution in [1.29, 1.82) is 0 Å². The number of aromatic nitrogens is 3. The summed E-state index contributed by atoms with van der Waals surface area (Å²) < 4.78 is 60.6. The van der Waals surface area contributed by atoms with Gasteiger partial charge in [0, 0.05) is 62.7 Å².